The predicted molar refractivity (Wildman–Crippen MR) is 120 cm³/mol. The number of pyridine rings is 3. The number of hydrogen-bond acceptors (Lipinski definition) is 6. The molecule has 0 saturated heterocycles. The lowest BCUT2D eigenvalue weighted by Gasteiger charge is -2.08. The third-order valence-corrected chi connectivity index (χ3v) is 4.70. The van der Waals surface area contributed by atoms with E-state index in [-0.39, 0.29) is 0 Å². The average Bonchev–Trinajstić information content (AvgIpc) is 2.85. The second-order valence-electron chi connectivity index (χ2n) is 6.84. The monoisotopic (exact) mass is 398 g/mol. The smallest absolute Gasteiger partial charge is 0.165 e. The molecule has 5 aromatic rings. The van der Waals surface area contributed by atoms with Gasteiger partial charge in [-0.1, -0.05) is 29.7 Å². The van der Waals surface area contributed by atoms with Gasteiger partial charge in [0.15, 0.2) is 17.5 Å². The Labute approximate surface area is 180 Å². The van der Waals surface area contributed by atoms with Gasteiger partial charge in [0.05, 0.1) is 5.69 Å². The van der Waals surface area contributed by atoms with Crippen molar-refractivity contribution in [2.24, 2.45) is 0 Å². The highest BCUT2D eigenvalue weighted by molar-refractivity contribution is 6.32. The van der Waals surface area contributed by atoms with E-state index >= 15 is 0 Å². The summed E-state index contributed by atoms with van der Waals surface area (Å²) >= 11 is 0. The van der Waals surface area contributed by atoms with Crippen LogP contribution in [-0.4, -0.2) is 37.8 Å². The fourth-order valence-corrected chi connectivity index (χ4v) is 3.10. The molecule has 0 fully saturated rings. The second kappa shape index (κ2) is 8.24. The average molecular weight is 398 g/mol. The molecule has 4 aromatic heterocycles. The molecule has 0 unspecified atom stereocenters. The van der Waals surface area contributed by atoms with Crippen molar-refractivity contribution in [1.29, 1.82) is 0 Å². The third-order valence-electron chi connectivity index (χ3n) is 4.70. The lowest BCUT2D eigenvalue weighted by Crippen LogP contribution is -2.01. The molecule has 7 heteroatoms. The van der Waals surface area contributed by atoms with Gasteiger partial charge in [-0.3, -0.25) is 15.0 Å². The van der Waals surface area contributed by atoms with E-state index in [9.17, 15) is 0 Å². The zero-order chi connectivity index (χ0) is 21.0. The van der Waals surface area contributed by atoms with Gasteiger partial charge in [-0.25, -0.2) is 15.0 Å². The molecule has 5 rings (SSSR count). The van der Waals surface area contributed by atoms with Crippen LogP contribution in [0.1, 0.15) is 0 Å². The van der Waals surface area contributed by atoms with E-state index in [1.807, 2.05) is 60.7 Å². The van der Waals surface area contributed by atoms with Crippen LogP contribution in [0, 0.1) is 0 Å². The van der Waals surface area contributed by atoms with Crippen LogP contribution in [0.15, 0.2) is 91.6 Å². The first kappa shape index (κ1) is 18.8. The van der Waals surface area contributed by atoms with Crippen molar-refractivity contribution >= 4 is 13.3 Å². The molecule has 6 nitrogen and oxygen atoms in total. The molecular formula is C24H15BN6. The highest BCUT2D eigenvalue weighted by Gasteiger charge is 2.13. The van der Waals surface area contributed by atoms with Crippen LogP contribution in [0.25, 0.3) is 45.4 Å². The zero-order valence-electron chi connectivity index (χ0n) is 16.4. The van der Waals surface area contributed by atoms with E-state index in [1.165, 1.54) is 0 Å². The second-order valence-corrected chi connectivity index (χ2v) is 6.84. The molecule has 0 bridgehead atoms. The molecule has 4 heterocycles. The van der Waals surface area contributed by atoms with E-state index in [1.54, 1.807) is 31.0 Å². The molecule has 0 atom stereocenters. The Morgan fingerprint density at radius 3 is 1.48 bits per heavy atom. The molecule has 2 radical (unpaired) electrons. The van der Waals surface area contributed by atoms with Crippen molar-refractivity contribution in [1.82, 2.24) is 29.9 Å². The summed E-state index contributed by atoms with van der Waals surface area (Å²) in [5.74, 6) is 1.61. The summed E-state index contributed by atoms with van der Waals surface area (Å²) in [6, 6.07) is 19.0. The Morgan fingerprint density at radius 2 is 1.03 bits per heavy atom. The molecule has 0 saturated carbocycles. The van der Waals surface area contributed by atoms with Crippen LogP contribution < -0.4 is 5.46 Å². The number of benzene rings is 1. The molecule has 0 aliphatic rings. The minimum atomic E-state index is 0.532. The van der Waals surface area contributed by atoms with Gasteiger partial charge in [0.2, 0.25) is 0 Å². The van der Waals surface area contributed by atoms with E-state index < -0.39 is 0 Å². The first-order valence-corrected chi connectivity index (χ1v) is 9.65. The van der Waals surface area contributed by atoms with Crippen LogP contribution in [0.5, 0.6) is 0 Å². The molecule has 0 N–H and O–H groups in total. The molecule has 0 amide bonds. The van der Waals surface area contributed by atoms with Gasteiger partial charge >= 0.3 is 0 Å². The summed E-state index contributed by atoms with van der Waals surface area (Å²) in [6.45, 7) is 0. The maximum Gasteiger partial charge on any atom is 0.165 e. The van der Waals surface area contributed by atoms with Gasteiger partial charge in [0, 0.05) is 53.2 Å². The summed E-state index contributed by atoms with van der Waals surface area (Å²) in [5.41, 5.74) is 4.96. The van der Waals surface area contributed by atoms with Crippen molar-refractivity contribution < 1.29 is 0 Å². The fourth-order valence-electron chi connectivity index (χ4n) is 3.10. The first-order chi connectivity index (χ1) is 15.3. The van der Waals surface area contributed by atoms with Crippen molar-refractivity contribution in [2.45, 2.75) is 0 Å². The van der Waals surface area contributed by atoms with Crippen molar-refractivity contribution in [3.05, 3.63) is 91.6 Å². The SMILES string of the molecule is [B]c1ccc(-c2ccc(-c3nc(-c4cccnc4)nc(-c4cccnc4)n3)cn2)cc1. The van der Waals surface area contributed by atoms with Gasteiger partial charge in [-0.2, -0.15) is 0 Å². The lowest BCUT2D eigenvalue weighted by atomic mass is 9.95. The minimum absolute atomic E-state index is 0.532. The quantitative estimate of drug-likeness (QED) is 0.431. The number of nitrogens with zero attached hydrogens (tertiary/aromatic N) is 6. The summed E-state index contributed by atoms with van der Waals surface area (Å²) in [7, 11) is 5.78. The van der Waals surface area contributed by atoms with Crippen LogP contribution in [0.3, 0.4) is 0 Å². The lowest BCUT2D eigenvalue weighted by molar-refractivity contribution is 1.06. The van der Waals surface area contributed by atoms with E-state index in [4.69, 9.17) is 7.85 Å². The number of aromatic nitrogens is 6. The predicted octanol–water partition coefficient (Wildman–Crippen LogP) is 3.52. The summed E-state index contributed by atoms with van der Waals surface area (Å²) < 4.78 is 0. The van der Waals surface area contributed by atoms with Crippen LogP contribution in [0.4, 0.5) is 0 Å². The molecule has 1 aromatic carbocycles. The highest BCUT2D eigenvalue weighted by Crippen LogP contribution is 2.25. The Bertz CT molecular complexity index is 1250. The Morgan fingerprint density at radius 1 is 0.516 bits per heavy atom. The van der Waals surface area contributed by atoms with Crippen LogP contribution in [-0.2, 0) is 0 Å². The normalized spacial score (nSPS) is 10.7. The standard InChI is InChI=1S/C24H15BN6/c25-20-8-5-16(6-9-20)21-10-7-19(15-28-21)24-30-22(17-3-1-11-26-13-17)29-23(31-24)18-4-2-12-27-14-18/h1-15H. The minimum Gasteiger partial charge on any atom is -0.264 e. The van der Waals surface area contributed by atoms with Gasteiger partial charge in [-0.05, 0) is 36.4 Å². The number of hydrogen-bond donors (Lipinski definition) is 0. The number of rotatable bonds is 4. The maximum absolute atomic E-state index is 5.78. The Hall–Kier alpha value is -4.26. The molecule has 0 aliphatic carbocycles. The Balaban J connectivity index is 1.58. The largest absolute Gasteiger partial charge is 0.264 e. The van der Waals surface area contributed by atoms with E-state index in [0.29, 0.717) is 17.5 Å². The maximum atomic E-state index is 5.78. The summed E-state index contributed by atoms with van der Waals surface area (Å²) in [4.78, 5) is 26.9. The van der Waals surface area contributed by atoms with Crippen molar-refractivity contribution in [3.8, 4) is 45.4 Å². The van der Waals surface area contributed by atoms with E-state index in [0.717, 1.165) is 33.4 Å². The fraction of sp³-hybridized carbons (Fsp3) is 0. The topological polar surface area (TPSA) is 77.3 Å². The highest BCUT2D eigenvalue weighted by atomic mass is 15.0. The van der Waals surface area contributed by atoms with Crippen LogP contribution in [0.2, 0.25) is 0 Å². The molecule has 0 spiro atoms. The van der Waals surface area contributed by atoms with Gasteiger partial charge in [0.25, 0.3) is 0 Å². The molecule has 144 valence electrons. The van der Waals surface area contributed by atoms with Crippen molar-refractivity contribution in [3.63, 3.8) is 0 Å². The molecule has 0 aliphatic heterocycles. The summed E-state index contributed by atoms with van der Waals surface area (Å²) in [6.07, 6.45) is 8.66. The van der Waals surface area contributed by atoms with Crippen molar-refractivity contribution in [2.75, 3.05) is 0 Å². The van der Waals surface area contributed by atoms with E-state index in [2.05, 4.69) is 29.9 Å². The summed E-state index contributed by atoms with van der Waals surface area (Å²) in [5, 5.41) is 0. The Kier molecular flexibility index (Phi) is 4.98. The van der Waals surface area contributed by atoms with Gasteiger partial charge in [0.1, 0.15) is 7.85 Å². The molecule has 31 heavy (non-hydrogen) atoms. The van der Waals surface area contributed by atoms with Gasteiger partial charge in [-0.15, -0.1) is 0 Å². The zero-order valence-corrected chi connectivity index (χ0v) is 16.4. The van der Waals surface area contributed by atoms with Crippen LogP contribution >= 0.6 is 0 Å². The molecular weight excluding hydrogens is 383 g/mol. The van der Waals surface area contributed by atoms with Gasteiger partial charge < -0.3 is 0 Å². The first-order valence-electron chi connectivity index (χ1n) is 9.65. The third kappa shape index (κ3) is 4.07.